The zero-order valence-corrected chi connectivity index (χ0v) is 13.4. The molecule has 0 unspecified atom stereocenters. The van der Waals surface area contributed by atoms with E-state index in [9.17, 15) is 0 Å². The summed E-state index contributed by atoms with van der Waals surface area (Å²) in [5.41, 5.74) is 4.80. The van der Waals surface area contributed by atoms with Crippen molar-refractivity contribution in [2.45, 2.75) is 40.7 Å². The van der Waals surface area contributed by atoms with E-state index in [-0.39, 0.29) is 0 Å². The fraction of sp³-hybridized carbons (Fsp3) is 0.389. The molecular weight excluding hydrogens is 260 g/mol. The number of nitrogens with one attached hydrogen (secondary N) is 1. The van der Waals surface area contributed by atoms with Crippen LogP contribution in [0.2, 0.25) is 0 Å². The lowest BCUT2D eigenvalue weighted by atomic mass is 10.1. The third kappa shape index (κ3) is 4.30. The Kier molecular flexibility index (Phi) is 5.34. The number of nitrogens with zero attached hydrogens (tertiary/aromatic N) is 1. The van der Waals surface area contributed by atoms with Crippen LogP contribution in [0.5, 0.6) is 11.6 Å². The molecule has 0 spiro atoms. The van der Waals surface area contributed by atoms with E-state index in [0.29, 0.717) is 5.88 Å². The Morgan fingerprint density at radius 1 is 1.14 bits per heavy atom. The quantitative estimate of drug-likeness (QED) is 0.803. The first-order chi connectivity index (χ1) is 10.1. The number of pyridine rings is 1. The van der Waals surface area contributed by atoms with Crippen LogP contribution < -0.4 is 10.1 Å². The summed E-state index contributed by atoms with van der Waals surface area (Å²) in [6.07, 6.45) is 2.94. The maximum atomic E-state index is 5.98. The van der Waals surface area contributed by atoms with Gasteiger partial charge in [0.05, 0.1) is 0 Å². The second kappa shape index (κ2) is 7.23. The predicted molar refractivity (Wildman–Crippen MR) is 87.0 cm³/mol. The van der Waals surface area contributed by atoms with Gasteiger partial charge in [0, 0.05) is 18.8 Å². The highest BCUT2D eigenvalue weighted by molar-refractivity contribution is 5.43. The summed E-state index contributed by atoms with van der Waals surface area (Å²) in [7, 11) is 0. The van der Waals surface area contributed by atoms with Gasteiger partial charge in [0.15, 0.2) is 0 Å². The summed E-state index contributed by atoms with van der Waals surface area (Å²) in [6.45, 7) is 10.3. The second-order valence-electron chi connectivity index (χ2n) is 5.49. The Hall–Kier alpha value is -1.87. The van der Waals surface area contributed by atoms with Gasteiger partial charge in [0.1, 0.15) is 5.75 Å². The minimum Gasteiger partial charge on any atom is -0.439 e. The first kappa shape index (κ1) is 15.5. The summed E-state index contributed by atoms with van der Waals surface area (Å²) in [4.78, 5) is 4.31. The van der Waals surface area contributed by atoms with E-state index >= 15 is 0 Å². The Bertz CT molecular complexity index is 608. The van der Waals surface area contributed by atoms with E-state index in [2.05, 4.69) is 50.1 Å². The van der Waals surface area contributed by atoms with Gasteiger partial charge in [0.25, 0.3) is 0 Å². The summed E-state index contributed by atoms with van der Waals surface area (Å²) >= 11 is 0. The van der Waals surface area contributed by atoms with Crippen molar-refractivity contribution in [3.63, 3.8) is 0 Å². The lowest BCUT2D eigenvalue weighted by Gasteiger charge is -2.12. The lowest BCUT2D eigenvalue weighted by molar-refractivity contribution is 0.457. The number of ether oxygens (including phenoxy) is 1. The van der Waals surface area contributed by atoms with E-state index in [1.165, 1.54) is 16.7 Å². The van der Waals surface area contributed by atoms with Crippen LogP contribution in [0.15, 0.2) is 30.5 Å². The molecule has 0 amide bonds. The van der Waals surface area contributed by atoms with Gasteiger partial charge in [-0.25, -0.2) is 4.98 Å². The van der Waals surface area contributed by atoms with Crippen LogP contribution in [0.3, 0.4) is 0 Å². The smallest absolute Gasteiger partial charge is 0.219 e. The van der Waals surface area contributed by atoms with Gasteiger partial charge < -0.3 is 10.1 Å². The van der Waals surface area contributed by atoms with Crippen molar-refractivity contribution >= 4 is 0 Å². The molecule has 1 aromatic carbocycles. The molecule has 0 bridgehead atoms. The Labute approximate surface area is 127 Å². The van der Waals surface area contributed by atoms with Crippen molar-refractivity contribution in [3.05, 3.63) is 52.7 Å². The van der Waals surface area contributed by atoms with Crippen LogP contribution in [0.1, 0.15) is 35.6 Å². The van der Waals surface area contributed by atoms with Crippen molar-refractivity contribution < 1.29 is 4.74 Å². The molecule has 2 rings (SSSR count). The number of rotatable bonds is 6. The molecule has 3 heteroatoms. The molecule has 0 fully saturated rings. The molecule has 0 aliphatic rings. The number of aromatic nitrogens is 1. The van der Waals surface area contributed by atoms with Gasteiger partial charge in [-0.15, -0.1) is 0 Å². The standard InChI is InChI=1S/C18H24N2O/c1-5-7-19-12-16-6-8-20-18(11-16)21-17-10-13(2)9-14(3)15(17)4/h6,8-11,19H,5,7,12H2,1-4H3. The zero-order chi connectivity index (χ0) is 15.2. The van der Waals surface area contributed by atoms with E-state index in [1.807, 2.05) is 12.1 Å². The number of hydrogen-bond donors (Lipinski definition) is 1. The van der Waals surface area contributed by atoms with E-state index in [0.717, 1.165) is 30.8 Å². The molecule has 3 nitrogen and oxygen atoms in total. The Balaban J connectivity index is 2.14. The summed E-state index contributed by atoms with van der Waals surface area (Å²) in [5, 5.41) is 3.39. The molecule has 21 heavy (non-hydrogen) atoms. The van der Waals surface area contributed by atoms with Gasteiger partial charge >= 0.3 is 0 Å². The highest BCUT2D eigenvalue weighted by Gasteiger charge is 2.06. The molecule has 0 aliphatic heterocycles. The average Bonchev–Trinajstić information content (AvgIpc) is 2.45. The van der Waals surface area contributed by atoms with E-state index in [4.69, 9.17) is 4.74 Å². The van der Waals surface area contributed by atoms with Crippen LogP contribution >= 0.6 is 0 Å². The molecule has 0 atom stereocenters. The molecule has 1 aromatic heterocycles. The highest BCUT2D eigenvalue weighted by atomic mass is 16.5. The van der Waals surface area contributed by atoms with Crippen molar-refractivity contribution in [1.82, 2.24) is 10.3 Å². The first-order valence-corrected chi connectivity index (χ1v) is 7.51. The molecular formula is C18H24N2O. The minimum atomic E-state index is 0.652. The van der Waals surface area contributed by atoms with E-state index in [1.54, 1.807) is 6.20 Å². The molecule has 0 aliphatic carbocycles. The third-order valence-corrected chi connectivity index (χ3v) is 3.53. The Morgan fingerprint density at radius 3 is 2.71 bits per heavy atom. The summed E-state index contributed by atoms with van der Waals surface area (Å²) in [5.74, 6) is 1.54. The maximum Gasteiger partial charge on any atom is 0.219 e. The number of hydrogen-bond acceptors (Lipinski definition) is 3. The molecule has 1 N–H and O–H groups in total. The summed E-state index contributed by atoms with van der Waals surface area (Å²) in [6, 6.07) is 8.25. The fourth-order valence-electron chi connectivity index (χ4n) is 2.25. The molecule has 0 saturated heterocycles. The Morgan fingerprint density at radius 2 is 1.95 bits per heavy atom. The molecule has 112 valence electrons. The zero-order valence-electron chi connectivity index (χ0n) is 13.4. The van der Waals surface area contributed by atoms with Gasteiger partial charge in [-0.2, -0.15) is 0 Å². The first-order valence-electron chi connectivity index (χ1n) is 7.51. The molecule has 0 radical (unpaired) electrons. The maximum absolute atomic E-state index is 5.98. The van der Waals surface area contributed by atoms with Crippen molar-refractivity contribution in [1.29, 1.82) is 0 Å². The van der Waals surface area contributed by atoms with Gasteiger partial charge in [-0.1, -0.05) is 13.0 Å². The highest BCUT2D eigenvalue weighted by Crippen LogP contribution is 2.27. The van der Waals surface area contributed by atoms with Crippen LogP contribution in [-0.4, -0.2) is 11.5 Å². The second-order valence-corrected chi connectivity index (χ2v) is 5.49. The largest absolute Gasteiger partial charge is 0.439 e. The SMILES string of the molecule is CCCNCc1ccnc(Oc2cc(C)cc(C)c2C)c1. The lowest BCUT2D eigenvalue weighted by Crippen LogP contribution is -2.13. The molecule has 1 heterocycles. The van der Waals surface area contributed by atoms with Crippen LogP contribution in [0, 0.1) is 20.8 Å². The van der Waals surface area contributed by atoms with Crippen LogP contribution in [0.4, 0.5) is 0 Å². The average molecular weight is 284 g/mol. The predicted octanol–water partition coefficient (Wildman–Crippen LogP) is 4.30. The van der Waals surface area contributed by atoms with Gasteiger partial charge in [-0.05, 0) is 68.1 Å². The van der Waals surface area contributed by atoms with Crippen molar-refractivity contribution in [3.8, 4) is 11.6 Å². The molecule has 2 aromatic rings. The fourth-order valence-corrected chi connectivity index (χ4v) is 2.25. The normalized spacial score (nSPS) is 10.7. The van der Waals surface area contributed by atoms with Gasteiger partial charge in [-0.3, -0.25) is 0 Å². The number of benzene rings is 1. The third-order valence-electron chi connectivity index (χ3n) is 3.53. The number of aryl methyl sites for hydroxylation is 2. The minimum absolute atomic E-state index is 0.652. The van der Waals surface area contributed by atoms with E-state index < -0.39 is 0 Å². The van der Waals surface area contributed by atoms with Crippen LogP contribution in [-0.2, 0) is 6.54 Å². The van der Waals surface area contributed by atoms with Gasteiger partial charge in [0.2, 0.25) is 5.88 Å². The summed E-state index contributed by atoms with van der Waals surface area (Å²) < 4.78 is 5.98. The van der Waals surface area contributed by atoms with Crippen LogP contribution in [0.25, 0.3) is 0 Å². The topological polar surface area (TPSA) is 34.2 Å². The van der Waals surface area contributed by atoms with Crippen molar-refractivity contribution in [2.24, 2.45) is 0 Å². The molecule has 0 saturated carbocycles. The van der Waals surface area contributed by atoms with Crippen molar-refractivity contribution in [2.75, 3.05) is 6.54 Å². The monoisotopic (exact) mass is 284 g/mol.